The quantitative estimate of drug-likeness (QED) is 0.673. The summed E-state index contributed by atoms with van der Waals surface area (Å²) in [5, 5.41) is 7.81. The summed E-state index contributed by atoms with van der Waals surface area (Å²) in [7, 11) is 0. The van der Waals surface area contributed by atoms with Gasteiger partial charge in [-0.3, -0.25) is 14.3 Å². The van der Waals surface area contributed by atoms with E-state index < -0.39 is 0 Å². The zero-order valence-electron chi connectivity index (χ0n) is 17.8. The summed E-state index contributed by atoms with van der Waals surface area (Å²) >= 11 is 6.44. The zero-order chi connectivity index (χ0) is 21.7. The number of amides is 2. The van der Waals surface area contributed by atoms with Gasteiger partial charge in [0.2, 0.25) is 5.91 Å². The maximum absolute atomic E-state index is 12.9. The largest absolute Gasteiger partial charge is 0.339 e. The highest BCUT2D eigenvalue weighted by Crippen LogP contribution is 2.23. The fourth-order valence-corrected chi connectivity index (χ4v) is 3.91. The van der Waals surface area contributed by atoms with Crippen LogP contribution in [0.4, 0.5) is 5.69 Å². The summed E-state index contributed by atoms with van der Waals surface area (Å²) in [6.45, 7) is 8.30. The number of carbonyl (C=O) groups excluding carboxylic acids is 2. The van der Waals surface area contributed by atoms with Crippen molar-refractivity contribution in [3.63, 3.8) is 0 Å². The fraction of sp³-hybridized carbons (Fsp3) is 0.435. The minimum Gasteiger partial charge on any atom is -0.339 e. The highest BCUT2D eigenvalue weighted by molar-refractivity contribution is 6.31. The van der Waals surface area contributed by atoms with Crippen molar-refractivity contribution in [2.45, 2.75) is 46.6 Å². The average Bonchev–Trinajstić information content (AvgIpc) is 2.99. The smallest absolute Gasteiger partial charge is 0.255 e. The van der Waals surface area contributed by atoms with Crippen molar-refractivity contribution in [3.8, 4) is 0 Å². The van der Waals surface area contributed by atoms with Crippen molar-refractivity contribution in [2.75, 3.05) is 18.4 Å². The molecule has 1 aromatic carbocycles. The number of anilines is 1. The van der Waals surface area contributed by atoms with Crippen LogP contribution in [0.25, 0.3) is 6.08 Å². The van der Waals surface area contributed by atoms with E-state index in [-0.39, 0.29) is 11.8 Å². The summed E-state index contributed by atoms with van der Waals surface area (Å²) in [5.41, 5.74) is 2.52. The molecule has 0 atom stereocenters. The minimum absolute atomic E-state index is 0.0385. The lowest BCUT2D eigenvalue weighted by molar-refractivity contribution is -0.111. The van der Waals surface area contributed by atoms with Crippen LogP contribution in [-0.4, -0.2) is 39.6 Å². The number of likely N-dealkylation sites (tertiary alicyclic amines) is 1. The Bertz CT molecular complexity index is 943. The second-order valence-electron chi connectivity index (χ2n) is 8.09. The van der Waals surface area contributed by atoms with Crippen molar-refractivity contribution in [3.05, 3.63) is 52.3 Å². The first-order valence-corrected chi connectivity index (χ1v) is 10.8. The number of aryl methyl sites for hydroxylation is 1. The number of nitrogens with zero attached hydrogens (tertiary/aromatic N) is 3. The van der Waals surface area contributed by atoms with Gasteiger partial charge in [0.15, 0.2) is 0 Å². The van der Waals surface area contributed by atoms with E-state index in [2.05, 4.69) is 24.3 Å². The summed E-state index contributed by atoms with van der Waals surface area (Å²) in [6.07, 6.45) is 6.30. The maximum atomic E-state index is 12.9. The number of halogens is 1. The Morgan fingerprint density at radius 2 is 1.90 bits per heavy atom. The fourth-order valence-electron chi connectivity index (χ4n) is 3.60. The number of benzene rings is 1. The van der Waals surface area contributed by atoms with Gasteiger partial charge in [-0.2, -0.15) is 5.10 Å². The first-order chi connectivity index (χ1) is 14.4. The van der Waals surface area contributed by atoms with Gasteiger partial charge in [0.05, 0.1) is 16.9 Å². The molecule has 1 aliphatic heterocycles. The molecule has 30 heavy (non-hydrogen) atoms. The molecule has 7 heteroatoms. The molecule has 1 saturated heterocycles. The monoisotopic (exact) mass is 428 g/mol. The number of aromatic nitrogens is 2. The summed E-state index contributed by atoms with van der Waals surface area (Å²) in [5.74, 6) is 0.0558. The van der Waals surface area contributed by atoms with E-state index in [1.807, 2.05) is 24.0 Å². The van der Waals surface area contributed by atoms with Crippen LogP contribution in [0.15, 0.2) is 30.3 Å². The lowest BCUT2D eigenvalue weighted by Gasteiger charge is -2.27. The van der Waals surface area contributed by atoms with Crippen LogP contribution in [0, 0.1) is 12.8 Å². The Kier molecular flexibility index (Phi) is 7.32. The average molecular weight is 429 g/mol. The number of rotatable bonds is 6. The molecule has 0 radical (unpaired) electrons. The Morgan fingerprint density at radius 1 is 1.20 bits per heavy atom. The van der Waals surface area contributed by atoms with Crippen LogP contribution in [0.3, 0.4) is 0 Å². The predicted octanol–water partition coefficient (Wildman–Crippen LogP) is 4.78. The van der Waals surface area contributed by atoms with Gasteiger partial charge in [0.1, 0.15) is 5.15 Å². The first kappa shape index (κ1) is 22.1. The molecule has 0 unspecified atom stereocenters. The van der Waals surface area contributed by atoms with E-state index in [0.29, 0.717) is 28.9 Å². The Balaban J connectivity index is 1.73. The zero-order valence-corrected chi connectivity index (χ0v) is 18.6. The molecule has 1 N–H and O–H groups in total. The molecule has 0 bridgehead atoms. The van der Waals surface area contributed by atoms with Crippen molar-refractivity contribution < 1.29 is 9.59 Å². The Labute approximate surface area is 182 Å². The van der Waals surface area contributed by atoms with Crippen LogP contribution in [0.5, 0.6) is 0 Å². The van der Waals surface area contributed by atoms with Crippen LogP contribution in [0.1, 0.15) is 54.7 Å². The SMILES string of the molecule is Cc1nn(CC(C)C)c(Cl)c1/C=C/C(=O)Nc1ccccc1C(=O)N1CCCCC1. The molecular weight excluding hydrogens is 400 g/mol. The maximum Gasteiger partial charge on any atom is 0.255 e. The van der Waals surface area contributed by atoms with Gasteiger partial charge in [0, 0.05) is 31.3 Å². The van der Waals surface area contributed by atoms with Crippen LogP contribution >= 0.6 is 11.6 Å². The van der Waals surface area contributed by atoms with Gasteiger partial charge < -0.3 is 10.2 Å². The molecule has 0 aliphatic carbocycles. The topological polar surface area (TPSA) is 67.2 Å². The normalized spacial score (nSPS) is 14.5. The molecule has 6 nitrogen and oxygen atoms in total. The lowest BCUT2D eigenvalue weighted by Crippen LogP contribution is -2.36. The Hall–Kier alpha value is -2.60. The minimum atomic E-state index is -0.319. The second kappa shape index (κ2) is 9.94. The number of carbonyl (C=O) groups is 2. The first-order valence-electron chi connectivity index (χ1n) is 10.5. The van der Waals surface area contributed by atoms with Gasteiger partial charge in [-0.25, -0.2) is 0 Å². The van der Waals surface area contributed by atoms with E-state index in [1.54, 1.807) is 22.9 Å². The summed E-state index contributed by atoms with van der Waals surface area (Å²) in [6, 6.07) is 7.13. The van der Waals surface area contributed by atoms with E-state index in [0.717, 1.165) is 43.6 Å². The molecule has 1 fully saturated rings. The summed E-state index contributed by atoms with van der Waals surface area (Å²) in [4.78, 5) is 27.3. The highest BCUT2D eigenvalue weighted by Gasteiger charge is 2.21. The van der Waals surface area contributed by atoms with E-state index in [4.69, 9.17) is 11.6 Å². The number of hydrogen-bond acceptors (Lipinski definition) is 3. The van der Waals surface area contributed by atoms with E-state index in [1.165, 1.54) is 6.08 Å². The lowest BCUT2D eigenvalue weighted by atomic mass is 10.1. The Morgan fingerprint density at radius 3 is 2.60 bits per heavy atom. The van der Waals surface area contributed by atoms with Gasteiger partial charge in [-0.1, -0.05) is 37.6 Å². The number of para-hydroxylation sites is 1. The standard InChI is InChI=1S/C23H29ClN4O2/c1-16(2)15-28-22(24)18(17(3)26-28)11-12-21(29)25-20-10-6-5-9-19(20)23(30)27-13-7-4-8-14-27/h5-6,9-12,16H,4,7-8,13-15H2,1-3H3,(H,25,29)/b12-11+. The molecule has 1 aromatic heterocycles. The van der Waals surface area contributed by atoms with Crippen molar-refractivity contribution >= 4 is 35.2 Å². The van der Waals surface area contributed by atoms with Crippen molar-refractivity contribution in [2.24, 2.45) is 5.92 Å². The van der Waals surface area contributed by atoms with E-state index >= 15 is 0 Å². The van der Waals surface area contributed by atoms with Gasteiger partial charge in [-0.05, 0) is 50.3 Å². The van der Waals surface area contributed by atoms with Gasteiger partial charge in [0.25, 0.3) is 5.91 Å². The van der Waals surface area contributed by atoms with Crippen molar-refractivity contribution in [1.29, 1.82) is 0 Å². The number of nitrogens with one attached hydrogen (secondary N) is 1. The van der Waals surface area contributed by atoms with Crippen molar-refractivity contribution in [1.82, 2.24) is 14.7 Å². The molecular formula is C23H29ClN4O2. The molecule has 0 saturated carbocycles. The second-order valence-corrected chi connectivity index (χ2v) is 8.44. The molecule has 2 amide bonds. The third kappa shape index (κ3) is 5.30. The van der Waals surface area contributed by atoms with Gasteiger partial charge in [-0.15, -0.1) is 0 Å². The van der Waals surface area contributed by atoms with E-state index in [9.17, 15) is 9.59 Å². The third-order valence-corrected chi connectivity index (χ3v) is 5.51. The molecule has 2 heterocycles. The molecule has 2 aromatic rings. The number of piperidine rings is 1. The molecule has 1 aliphatic rings. The van der Waals surface area contributed by atoms with Crippen LogP contribution in [0.2, 0.25) is 5.15 Å². The molecule has 3 rings (SSSR count). The third-order valence-electron chi connectivity index (χ3n) is 5.11. The summed E-state index contributed by atoms with van der Waals surface area (Å²) < 4.78 is 1.76. The highest BCUT2D eigenvalue weighted by atomic mass is 35.5. The molecule has 0 spiro atoms. The predicted molar refractivity (Wildman–Crippen MR) is 121 cm³/mol. The van der Waals surface area contributed by atoms with Crippen LogP contribution in [-0.2, 0) is 11.3 Å². The molecule has 160 valence electrons. The van der Waals surface area contributed by atoms with Gasteiger partial charge >= 0.3 is 0 Å². The number of hydrogen-bond donors (Lipinski definition) is 1. The van der Waals surface area contributed by atoms with Crippen LogP contribution < -0.4 is 5.32 Å².